The van der Waals surface area contributed by atoms with Crippen LogP contribution in [0.15, 0.2) is 18.3 Å². The maximum atomic E-state index is 4.69. The number of rotatable bonds is 1. The molecule has 2 nitrogen and oxygen atoms in total. The van der Waals surface area contributed by atoms with Crippen LogP contribution in [0.1, 0.15) is 43.4 Å². The van der Waals surface area contributed by atoms with Crippen molar-refractivity contribution in [2.75, 3.05) is 13.1 Å². The van der Waals surface area contributed by atoms with Crippen LogP contribution in [0.4, 0.5) is 0 Å². The number of piperidine rings is 1. The molecule has 1 N–H and O–H groups in total. The van der Waals surface area contributed by atoms with Crippen LogP contribution in [0.25, 0.3) is 0 Å². The second-order valence-corrected chi connectivity index (χ2v) is 5.68. The minimum absolute atomic E-state index is 0.719. The third-order valence-electron chi connectivity index (χ3n) is 4.61. The maximum Gasteiger partial charge on any atom is 0.0469 e. The molecule has 1 aliphatic heterocycles. The summed E-state index contributed by atoms with van der Waals surface area (Å²) in [5.41, 5.74) is 2.92. The number of aromatic nitrogens is 1. The quantitative estimate of drug-likeness (QED) is 0.802. The van der Waals surface area contributed by atoms with Crippen molar-refractivity contribution >= 4 is 0 Å². The largest absolute Gasteiger partial charge is 0.316 e. The zero-order valence-electron chi connectivity index (χ0n) is 10.7. The monoisotopic (exact) mass is 230 g/mol. The van der Waals surface area contributed by atoms with Gasteiger partial charge in [0.05, 0.1) is 0 Å². The summed E-state index contributed by atoms with van der Waals surface area (Å²) in [6.45, 7) is 4.77. The minimum atomic E-state index is 0.719. The molecule has 0 amide bonds. The highest BCUT2D eigenvalue weighted by atomic mass is 14.9. The van der Waals surface area contributed by atoms with Crippen molar-refractivity contribution < 1.29 is 0 Å². The number of nitrogens with one attached hydrogen (secondary N) is 1. The van der Waals surface area contributed by atoms with Gasteiger partial charge < -0.3 is 5.32 Å². The van der Waals surface area contributed by atoms with E-state index in [1.165, 1.54) is 50.0 Å². The van der Waals surface area contributed by atoms with E-state index >= 15 is 0 Å². The third-order valence-corrected chi connectivity index (χ3v) is 4.61. The van der Waals surface area contributed by atoms with Gasteiger partial charge in [-0.1, -0.05) is 13.0 Å². The predicted octanol–water partition coefficient (Wildman–Crippen LogP) is 2.75. The first-order chi connectivity index (χ1) is 8.36. The Balaban J connectivity index is 1.89. The average Bonchev–Trinajstić information content (AvgIpc) is 2.39. The van der Waals surface area contributed by atoms with Crippen molar-refractivity contribution in [3.8, 4) is 0 Å². The molecular formula is C15H22N2. The Kier molecular flexibility index (Phi) is 3.15. The second kappa shape index (κ2) is 4.77. The molecule has 92 valence electrons. The first-order valence-corrected chi connectivity index (χ1v) is 7.01. The Morgan fingerprint density at radius 3 is 3.18 bits per heavy atom. The molecule has 0 aromatic carbocycles. The lowest BCUT2D eigenvalue weighted by Gasteiger charge is -2.38. The van der Waals surface area contributed by atoms with E-state index in [1.54, 1.807) is 0 Å². The van der Waals surface area contributed by atoms with Crippen molar-refractivity contribution in [2.45, 2.75) is 38.5 Å². The zero-order chi connectivity index (χ0) is 11.7. The van der Waals surface area contributed by atoms with Gasteiger partial charge in [0.25, 0.3) is 0 Å². The van der Waals surface area contributed by atoms with E-state index in [0.717, 1.165) is 17.8 Å². The summed E-state index contributed by atoms with van der Waals surface area (Å²) in [6, 6.07) is 4.37. The SMILES string of the molecule is CC1CNCCC1C1CCCc2cccnc21. The van der Waals surface area contributed by atoms with Crippen molar-refractivity contribution in [1.82, 2.24) is 10.3 Å². The van der Waals surface area contributed by atoms with Crippen molar-refractivity contribution in [2.24, 2.45) is 11.8 Å². The summed E-state index contributed by atoms with van der Waals surface area (Å²) < 4.78 is 0. The summed E-state index contributed by atoms with van der Waals surface area (Å²) >= 11 is 0. The normalized spacial score (nSPS) is 33.1. The van der Waals surface area contributed by atoms with Crippen molar-refractivity contribution in [1.29, 1.82) is 0 Å². The molecular weight excluding hydrogens is 208 g/mol. The van der Waals surface area contributed by atoms with Crippen LogP contribution < -0.4 is 5.32 Å². The first-order valence-electron chi connectivity index (χ1n) is 7.01. The molecule has 2 heterocycles. The molecule has 17 heavy (non-hydrogen) atoms. The highest BCUT2D eigenvalue weighted by Crippen LogP contribution is 2.40. The van der Waals surface area contributed by atoms with E-state index in [4.69, 9.17) is 0 Å². The molecule has 1 aromatic rings. The highest BCUT2D eigenvalue weighted by Gasteiger charge is 2.33. The standard InChI is InChI=1S/C15H22N2/c1-11-10-16-9-7-13(11)14-6-2-4-12-5-3-8-17-15(12)14/h3,5,8,11,13-14,16H,2,4,6-7,9-10H2,1H3. The van der Waals surface area contributed by atoms with E-state index in [0.29, 0.717) is 0 Å². The van der Waals surface area contributed by atoms with Crippen LogP contribution >= 0.6 is 0 Å². The van der Waals surface area contributed by atoms with E-state index < -0.39 is 0 Å². The lowest BCUT2D eigenvalue weighted by atomic mass is 9.71. The van der Waals surface area contributed by atoms with Crippen LogP contribution in [0.3, 0.4) is 0 Å². The highest BCUT2D eigenvalue weighted by molar-refractivity contribution is 5.26. The van der Waals surface area contributed by atoms with Gasteiger partial charge in [-0.2, -0.15) is 0 Å². The molecule has 0 radical (unpaired) electrons. The first kappa shape index (κ1) is 11.2. The van der Waals surface area contributed by atoms with Gasteiger partial charge in [0.1, 0.15) is 0 Å². The molecule has 3 rings (SSSR count). The van der Waals surface area contributed by atoms with Crippen LogP contribution in [-0.4, -0.2) is 18.1 Å². The van der Waals surface area contributed by atoms with Gasteiger partial charge in [-0.05, 0) is 62.2 Å². The number of hydrogen-bond acceptors (Lipinski definition) is 2. The summed E-state index contributed by atoms with van der Waals surface area (Å²) in [6.07, 6.45) is 7.22. The van der Waals surface area contributed by atoms with Gasteiger partial charge in [-0.3, -0.25) is 4.98 Å². The van der Waals surface area contributed by atoms with E-state index in [-0.39, 0.29) is 0 Å². The fourth-order valence-electron chi connectivity index (χ4n) is 3.69. The Morgan fingerprint density at radius 2 is 2.29 bits per heavy atom. The Labute approximate surface area is 104 Å². The number of hydrogen-bond donors (Lipinski definition) is 1. The molecule has 3 unspecified atom stereocenters. The van der Waals surface area contributed by atoms with Crippen molar-refractivity contribution in [3.05, 3.63) is 29.6 Å². The summed E-state index contributed by atoms with van der Waals surface area (Å²) in [4.78, 5) is 4.69. The molecule has 0 bridgehead atoms. The molecule has 1 aliphatic carbocycles. The molecule has 0 saturated carbocycles. The van der Waals surface area contributed by atoms with E-state index in [1.807, 2.05) is 6.20 Å². The second-order valence-electron chi connectivity index (χ2n) is 5.68. The average molecular weight is 230 g/mol. The Morgan fingerprint density at radius 1 is 1.35 bits per heavy atom. The van der Waals surface area contributed by atoms with Gasteiger partial charge in [0, 0.05) is 17.8 Å². The summed E-state index contributed by atoms with van der Waals surface area (Å²) in [5, 5.41) is 3.51. The van der Waals surface area contributed by atoms with Gasteiger partial charge in [-0.15, -0.1) is 0 Å². The maximum absolute atomic E-state index is 4.69. The van der Waals surface area contributed by atoms with Crippen LogP contribution in [-0.2, 0) is 6.42 Å². The molecule has 2 heteroatoms. The Hall–Kier alpha value is -0.890. The van der Waals surface area contributed by atoms with E-state index in [9.17, 15) is 0 Å². The summed E-state index contributed by atoms with van der Waals surface area (Å²) in [5.74, 6) is 2.35. The molecule has 1 saturated heterocycles. The molecule has 0 spiro atoms. The topological polar surface area (TPSA) is 24.9 Å². The molecule has 1 aromatic heterocycles. The van der Waals surface area contributed by atoms with Crippen LogP contribution in [0, 0.1) is 11.8 Å². The van der Waals surface area contributed by atoms with Crippen LogP contribution in [0.5, 0.6) is 0 Å². The number of fused-ring (bicyclic) bond motifs is 1. The summed E-state index contributed by atoms with van der Waals surface area (Å²) in [7, 11) is 0. The lowest BCUT2D eigenvalue weighted by molar-refractivity contribution is 0.215. The van der Waals surface area contributed by atoms with Gasteiger partial charge in [0.15, 0.2) is 0 Å². The lowest BCUT2D eigenvalue weighted by Crippen LogP contribution is -2.38. The minimum Gasteiger partial charge on any atom is -0.316 e. The molecule has 2 aliphatic rings. The molecule has 1 fully saturated rings. The third kappa shape index (κ3) is 2.11. The predicted molar refractivity (Wildman–Crippen MR) is 70.1 cm³/mol. The smallest absolute Gasteiger partial charge is 0.0469 e. The fourth-order valence-corrected chi connectivity index (χ4v) is 3.69. The van der Waals surface area contributed by atoms with Crippen LogP contribution in [0.2, 0.25) is 0 Å². The molecule has 3 atom stereocenters. The number of pyridine rings is 1. The van der Waals surface area contributed by atoms with Crippen molar-refractivity contribution in [3.63, 3.8) is 0 Å². The van der Waals surface area contributed by atoms with Gasteiger partial charge in [-0.25, -0.2) is 0 Å². The Bertz CT molecular complexity index is 388. The van der Waals surface area contributed by atoms with Gasteiger partial charge in [0.2, 0.25) is 0 Å². The van der Waals surface area contributed by atoms with Gasteiger partial charge >= 0.3 is 0 Å². The van der Waals surface area contributed by atoms with E-state index in [2.05, 4.69) is 29.4 Å². The number of nitrogens with zero attached hydrogens (tertiary/aromatic N) is 1. The zero-order valence-corrected chi connectivity index (χ0v) is 10.7. The fraction of sp³-hybridized carbons (Fsp3) is 0.667. The number of aryl methyl sites for hydroxylation is 1.